The summed E-state index contributed by atoms with van der Waals surface area (Å²) in [4.78, 5) is 26.8. The number of carboxylic acid groups (broad SMARTS) is 1. The van der Waals surface area contributed by atoms with Crippen molar-refractivity contribution in [3.05, 3.63) is 11.6 Å². The Bertz CT molecular complexity index is 435. The monoisotopic (exact) mass is 286 g/mol. The molecule has 3 N–H and O–H groups in total. The van der Waals surface area contributed by atoms with E-state index in [9.17, 15) is 9.59 Å². The van der Waals surface area contributed by atoms with Crippen molar-refractivity contribution in [1.29, 1.82) is 0 Å². The maximum atomic E-state index is 11.8. The van der Waals surface area contributed by atoms with E-state index in [0.717, 1.165) is 6.42 Å². The molecule has 1 amide bonds. The molecule has 0 saturated heterocycles. The van der Waals surface area contributed by atoms with Gasteiger partial charge in [-0.1, -0.05) is 6.92 Å². The van der Waals surface area contributed by atoms with Gasteiger partial charge in [0.1, 0.15) is 11.9 Å². The van der Waals surface area contributed by atoms with Crippen molar-refractivity contribution in [3.8, 4) is 0 Å². The third-order valence-corrected chi connectivity index (χ3v) is 3.08. The number of aromatic nitrogens is 3. The Morgan fingerprint density at radius 2 is 2.26 bits per heavy atom. The highest BCUT2D eigenvalue weighted by Crippen LogP contribution is 2.03. The van der Waals surface area contributed by atoms with Crippen molar-refractivity contribution in [2.75, 3.05) is 12.0 Å². The third-order valence-electron chi connectivity index (χ3n) is 2.44. The summed E-state index contributed by atoms with van der Waals surface area (Å²) in [6, 6.07) is -0.909. The van der Waals surface area contributed by atoms with Crippen LogP contribution in [0.4, 0.5) is 0 Å². The van der Waals surface area contributed by atoms with Crippen molar-refractivity contribution in [2.24, 2.45) is 0 Å². The predicted molar refractivity (Wildman–Crippen MR) is 72.3 cm³/mol. The number of hydrogen-bond donors (Lipinski definition) is 3. The van der Waals surface area contributed by atoms with Crippen LogP contribution in [0.2, 0.25) is 0 Å². The summed E-state index contributed by atoms with van der Waals surface area (Å²) < 4.78 is 0. The number of carboxylic acids is 1. The Morgan fingerprint density at radius 1 is 1.53 bits per heavy atom. The summed E-state index contributed by atoms with van der Waals surface area (Å²) in [5.74, 6) is -0.340. The molecular formula is C11H18N4O3S. The fraction of sp³-hybridized carbons (Fsp3) is 0.636. The van der Waals surface area contributed by atoms with Crippen LogP contribution in [0, 0.1) is 0 Å². The number of thioether (sulfide) groups is 1. The zero-order chi connectivity index (χ0) is 14.3. The molecule has 8 heteroatoms. The maximum absolute atomic E-state index is 11.8. The van der Waals surface area contributed by atoms with Crippen LogP contribution in [0.25, 0.3) is 0 Å². The van der Waals surface area contributed by atoms with Gasteiger partial charge < -0.3 is 10.4 Å². The summed E-state index contributed by atoms with van der Waals surface area (Å²) in [5, 5.41) is 17.9. The molecule has 1 aromatic rings. The van der Waals surface area contributed by atoms with E-state index < -0.39 is 17.9 Å². The molecule has 7 nitrogen and oxygen atoms in total. The maximum Gasteiger partial charge on any atom is 0.326 e. The van der Waals surface area contributed by atoms with E-state index in [1.807, 2.05) is 13.2 Å². The fourth-order valence-electron chi connectivity index (χ4n) is 1.46. The average molecular weight is 286 g/mol. The Labute approximate surface area is 115 Å². The standard InChI is InChI=1S/C11H18N4O3S/c1-3-4-8-13-9(15-14-8)10(16)12-7(11(17)18)5-6-19-2/h7H,3-6H2,1-2H3,(H,12,16)(H,17,18)(H,13,14,15). The van der Waals surface area contributed by atoms with E-state index in [4.69, 9.17) is 5.11 Å². The Kier molecular flexibility index (Phi) is 6.34. The lowest BCUT2D eigenvalue weighted by Crippen LogP contribution is -2.41. The van der Waals surface area contributed by atoms with Gasteiger partial charge in [-0.25, -0.2) is 9.78 Å². The number of carbonyl (C=O) groups excluding carboxylic acids is 1. The molecule has 0 aliphatic rings. The van der Waals surface area contributed by atoms with E-state index in [2.05, 4.69) is 20.5 Å². The number of nitrogens with one attached hydrogen (secondary N) is 2. The van der Waals surface area contributed by atoms with Gasteiger partial charge in [0.2, 0.25) is 5.82 Å². The van der Waals surface area contributed by atoms with Crippen molar-refractivity contribution >= 4 is 23.6 Å². The van der Waals surface area contributed by atoms with Crippen LogP contribution in [-0.2, 0) is 11.2 Å². The molecule has 1 aromatic heterocycles. The molecule has 0 aromatic carbocycles. The highest BCUT2D eigenvalue weighted by atomic mass is 32.2. The number of amides is 1. The Hall–Kier alpha value is -1.57. The molecule has 0 bridgehead atoms. The smallest absolute Gasteiger partial charge is 0.326 e. The normalized spacial score (nSPS) is 12.1. The quantitative estimate of drug-likeness (QED) is 0.649. The first-order valence-electron chi connectivity index (χ1n) is 6.02. The second-order valence-electron chi connectivity index (χ2n) is 4.00. The Balaban J connectivity index is 2.62. The van der Waals surface area contributed by atoms with Gasteiger partial charge >= 0.3 is 5.97 Å². The van der Waals surface area contributed by atoms with Gasteiger partial charge in [-0.3, -0.25) is 9.89 Å². The first kappa shape index (κ1) is 15.5. The number of H-pyrrole nitrogens is 1. The number of rotatable bonds is 8. The van der Waals surface area contributed by atoms with E-state index in [0.29, 0.717) is 24.4 Å². The molecule has 19 heavy (non-hydrogen) atoms. The van der Waals surface area contributed by atoms with Gasteiger partial charge in [-0.15, -0.1) is 5.10 Å². The van der Waals surface area contributed by atoms with Gasteiger partial charge in [-0.05, 0) is 24.9 Å². The van der Waals surface area contributed by atoms with Gasteiger partial charge in [0.15, 0.2) is 0 Å². The summed E-state index contributed by atoms with van der Waals surface area (Å²) in [7, 11) is 0. The first-order valence-corrected chi connectivity index (χ1v) is 7.41. The van der Waals surface area contributed by atoms with Crippen molar-refractivity contribution in [1.82, 2.24) is 20.5 Å². The summed E-state index contributed by atoms with van der Waals surface area (Å²) >= 11 is 1.53. The number of aliphatic carboxylic acids is 1. The molecule has 1 atom stereocenters. The second kappa shape index (κ2) is 7.78. The first-order chi connectivity index (χ1) is 9.08. The summed E-state index contributed by atoms with van der Waals surface area (Å²) in [6.45, 7) is 1.99. The average Bonchev–Trinajstić information content (AvgIpc) is 2.83. The van der Waals surface area contributed by atoms with Crippen molar-refractivity contribution < 1.29 is 14.7 Å². The molecule has 1 unspecified atom stereocenters. The zero-order valence-corrected chi connectivity index (χ0v) is 11.8. The minimum absolute atomic E-state index is 0.0150. The SMILES string of the molecule is CCCc1nc(C(=O)NC(CCSC)C(=O)O)n[nH]1. The molecule has 1 heterocycles. The van der Waals surface area contributed by atoms with Crippen LogP contribution in [0.5, 0.6) is 0 Å². The molecule has 106 valence electrons. The molecule has 0 fully saturated rings. The molecule has 0 aliphatic carbocycles. The number of aryl methyl sites for hydroxylation is 1. The molecular weight excluding hydrogens is 268 g/mol. The van der Waals surface area contributed by atoms with Crippen LogP contribution >= 0.6 is 11.8 Å². The molecule has 0 aliphatic heterocycles. The van der Waals surface area contributed by atoms with Crippen LogP contribution in [0.3, 0.4) is 0 Å². The zero-order valence-electron chi connectivity index (χ0n) is 11.0. The topological polar surface area (TPSA) is 108 Å². The summed E-state index contributed by atoms with van der Waals surface area (Å²) in [5.41, 5.74) is 0. The van der Waals surface area contributed by atoms with Crippen LogP contribution in [0.15, 0.2) is 0 Å². The van der Waals surface area contributed by atoms with Crippen molar-refractivity contribution in [3.63, 3.8) is 0 Å². The van der Waals surface area contributed by atoms with Gasteiger partial charge in [0, 0.05) is 6.42 Å². The van der Waals surface area contributed by atoms with E-state index >= 15 is 0 Å². The fourth-order valence-corrected chi connectivity index (χ4v) is 1.93. The minimum atomic E-state index is -1.05. The lowest BCUT2D eigenvalue weighted by molar-refractivity contribution is -0.139. The third kappa shape index (κ3) is 4.90. The Morgan fingerprint density at radius 3 is 2.84 bits per heavy atom. The van der Waals surface area contributed by atoms with Crippen LogP contribution < -0.4 is 5.32 Å². The molecule has 0 radical (unpaired) electrons. The van der Waals surface area contributed by atoms with Crippen LogP contribution in [0.1, 0.15) is 36.2 Å². The number of nitrogens with zero attached hydrogens (tertiary/aromatic N) is 2. The molecule has 0 saturated carbocycles. The van der Waals surface area contributed by atoms with E-state index in [1.165, 1.54) is 11.8 Å². The van der Waals surface area contributed by atoms with E-state index in [-0.39, 0.29) is 5.82 Å². The van der Waals surface area contributed by atoms with Gasteiger partial charge in [-0.2, -0.15) is 11.8 Å². The second-order valence-corrected chi connectivity index (χ2v) is 4.99. The predicted octanol–water partition coefficient (Wildman–Crippen LogP) is 0.693. The highest BCUT2D eigenvalue weighted by Gasteiger charge is 2.22. The minimum Gasteiger partial charge on any atom is -0.480 e. The molecule has 0 spiro atoms. The lowest BCUT2D eigenvalue weighted by atomic mass is 10.2. The number of carbonyl (C=O) groups is 2. The molecule has 1 rings (SSSR count). The summed E-state index contributed by atoms with van der Waals surface area (Å²) in [6.07, 6.45) is 3.85. The van der Waals surface area contributed by atoms with Gasteiger partial charge in [0.25, 0.3) is 5.91 Å². The van der Waals surface area contributed by atoms with E-state index in [1.54, 1.807) is 0 Å². The highest BCUT2D eigenvalue weighted by molar-refractivity contribution is 7.98. The van der Waals surface area contributed by atoms with Crippen LogP contribution in [-0.4, -0.2) is 50.2 Å². The number of aromatic amines is 1. The largest absolute Gasteiger partial charge is 0.480 e. The number of hydrogen-bond acceptors (Lipinski definition) is 5. The van der Waals surface area contributed by atoms with Gasteiger partial charge in [0.05, 0.1) is 0 Å². The lowest BCUT2D eigenvalue weighted by Gasteiger charge is -2.12. The van der Waals surface area contributed by atoms with Crippen molar-refractivity contribution in [2.45, 2.75) is 32.2 Å².